The first kappa shape index (κ1) is 12.6. The number of amides is 1. The zero-order valence-corrected chi connectivity index (χ0v) is 11.2. The maximum absolute atomic E-state index is 12.6. The molecule has 1 fully saturated rings. The van der Waals surface area contributed by atoms with Crippen molar-refractivity contribution < 1.29 is 4.79 Å². The average molecular weight is 259 g/mol. The highest BCUT2D eigenvalue weighted by molar-refractivity contribution is 5.98. The lowest BCUT2D eigenvalue weighted by molar-refractivity contribution is -0.121. The number of hydrogen-bond acceptors (Lipinski definition) is 3. The van der Waals surface area contributed by atoms with Crippen molar-refractivity contribution in [3.8, 4) is 0 Å². The lowest BCUT2D eigenvalue weighted by atomic mass is 9.84. The number of aromatic nitrogens is 1. The van der Waals surface area contributed by atoms with Crippen molar-refractivity contribution in [2.24, 2.45) is 11.7 Å². The summed E-state index contributed by atoms with van der Waals surface area (Å²) >= 11 is 0. The monoisotopic (exact) mass is 259 g/mol. The van der Waals surface area contributed by atoms with Gasteiger partial charge in [0.25, 0.3) is 0 Å². The zero-order chi connectivity index (χ0) is 13.2. The molecule has 0 unspecified atom stereocenters. The Morgan fingerprint density at radius 2 is 2.16 bits per heavy atom. The van der Waals surface area contributed by atoms with Crippen molar-refractivity contribution in [3.05, 3.63) is 23.9 Å². The number of fused-ring (bicyclic) bond motifs is 1. The highest BCUT2D eigenvalue weighted by Crippen LogP contribution is 2.30. The molecule has 2 N–H and O–H groups in total. The van der Waals surface area contributed by atoms with Crippen LogP contribution in [0.3, 0.4) is 0 Å². The van der Waals surface area contributed by atoms with Crippen molar-refractivity contribution in [3.63, 3.8) is 0 Å². The van der Waals surface area contributed by atoms with Gasteiger partial charge in [-0.15, -0.1) is 0 Å². The summed E-state index contributed by atoms with van der Waals surface area (Å²) in [6.07, 6.45) is 8.53. The van der Waals surface area contributed by atoms with Crippen LogP contribution in [-0.4, -0.2) is 23.5 Å². The lowest BCUT2D eigenvalue weighted by Gasteiger charge is -2.29. The summed E-state index contributed by atoms with van der Waals surface area (Å²) in [5.41, 5.74) is 7.37. The smallest absolute Gasteiger partial charge is 0.245 e. The quantitative estimate of drug-likeness (QED) is 0.882. The van der Waals surface area contributed by atoms with E-state index in [-0.39, 0.29) is 11.9 Å². The van der Waals surface area contributed by atoms with Gasteiger partial charge in [-0.25, -0.2) is 4.98 Å². The van der Waals surface area contributed by atoms with E-state index in [1.807, 2.05) is 12.1 Å². The van der Waals surface area contributed by atoms with Gasteiger partial charge in [0.1, 0.15) is 5.82 Å². The predicted molar refractivity (Wildman–Crippen MR) is 74.8 cm³/mol. The van der Waals surface area contributed by atoms with E-state index in [9.17, 15) is 4.79 Å². The van der Waals surface area contributed by atoms with E-state index >= 15 is 0 Å². The molecule has 1 aliphatic heterocycles. The standard InChI is InChI=1S/C15H21N3O/c16-13(11-5-2-1-3-6-11)15(19)18-10-8-12-7-4-9-17-14(12)18/h4,7,9,11,13H,1-3,5-6,8,10,16H2/t13-/m0/s1. The molecule has 2 heterocycles. The third-order valence-corrected chi connectivity index (χ3v) is 4.44. The predicted octanol–water partition coefficient (Wildman–Crippen LogP) is 1.88. The molecule has 4 nitrogen and oxygen atoms in total. The van der Waals surface area contributed by atoms with Gasteiger partial charge < -0.3 is 5.73 Å². The first-order chi connectivity index (χ1) is 9.27. The van der Waals surface area contributed by atoms with Gasteiger partial charge >= 0.3 is 0 Å². The summed E-state index contributed by atoms with van der Waals surface area (Å²) in [5.74, 6) is 1.23. The van der Waals surface area contributed by atoms with Gasteiger partial charge in [-0.1, -0.05) is 25.3 Å². The minimum Gasteiger partial charge on any atom is -0.320 e. The Balaban J connectivity index is 1.74. The normalized spacial score (nSPS) is 21.2. The van der Waals surface area contributed by atoms with Crippen LogP contribution in [0.5, 0.6) is 0 Å². The highest BCUT2D eigenvalue weighted by Gasteiger charge is 2.33. The minimum atomic E-state index is -0.353. The molecule has 0 saturated heterocycles. The van der Waals surface area contributed by atoms with E-state index in [4.69, 9.17) is 5.73 Å². The van der Waals surface area contributed by atoms with Crippen LogP contribution in [0.4, 0.5) is 5.82 Å². The zero-order valence-electron chi connectivity index (χ0n) is 11.2. The molecule has 1 aliphatic carbocycles. The maximum atomic E-state index is 12.6. The first-order valence-electron chi connectivity index (χ1n) is 7.28. The Morgan fingerprint density at radius 1 is 1.37 bits per heavy atom. The van der Waals surface area contributed by atoms with E-state index in [1.54, 1.807) is 11.1 Å². The Kier molecular flexibility index (Phi) is 3.51. The van der Waals surface area contributed by atoms with Crippen LogP contribution < -0.4 is 10.6 Å². The van der Waals surface area contributed by atoms with Crippen molar-refractivity contribution in [1.29, 1.82) is 0 Å². The molecule has 1 saturated carbocycles. The van der Waals surface area contributed by atoms with E-state index in [0.717, 1.165) is 37.2 Å². The topological polar surface area (TPSA) is 59.2 Å². The molecule has 0 bridgehead atoms. The van der Waals surface area contributed by atoms with Crippen molar-refractivity contribution in [1.82, 2.24) is 4.98 Å². The highest BCUT2D eigenvalue weighted by atomic mass is 16.2. The van der Waals surface area contributed by atoms with E-state index in [0.29, 0.717) is 5.92 Å². The minimum absolute atomic E-state index is 0.0596. The number of hydrogen-bond donors (Lipinski definition) is 1. The molecule has 3 rings (SSSR count). The summed E-state index contributed by atoms with van der Waals surface area (Å²) in [4.78, 5) is 18.7. The van der Waals surface area contributed by atoms with Crippen LogP contribution >= 0.6 is 0 Å². The molecular formula is C15H21N3O. The number of rotatable bonds is 2. The molecule has 0 aromatic carbocycles. The third kappa shape index (κ3) is 2.37. The summed E-state index contributed by atoms with van der Waals surface area (Å²) in [6.45, 7) is 0.728. The van der Waals surface area contributed by atoms with Crippen molar-refractivity contribution in [2.75, 3.05) is 11.4 Å². The molecule has 1 amide bonds. The Hall–Kier alpha value is -1.42. The summed E-state index contributed by atoms with van der Waals surface area (Å²) in [5, 5.41) is 0. The molecule has 0 radical (unpaired) electrons. The van der Waals surface area contributed by atoms with Crippen LogP contribution in [0, 0.1) is 5.92 Å². The molecule has 102 valence electrons. The number of carbonyl (C=O) groups is 1. The number of anilines is 1. The van der Waals surface area contributed by atoms with Crippen molar-refractivity contribution in [2.45, 2.75) is 44.6 Å². The maximum Gasteiger partial charge on any atom is 0.245 e. The van der Waals surface area contributed by atoms with Gasteiger partial charge in [0, 0.05) is 12.7 Å². The fourth-order valence-corrected chi connectivity index (χ4v) is 3.30. The Morgan fingerprint density at radius 3 is 2.95 bits per heavy atom. The van der Waals surface area contributed by atoms with Crippen LogP contribution in [0.25, 0.3) is 0 Å². The van der Waals surface area contributed by atoms with Gasteiger partial charge in [0.2, 0.25) is 5.91 Å². The van der Waals surface area contributed by atoms with Crippen LogP contribution in [0.1, 0.15) is 37.7 Å². The first-order valence-corrected chi connectivity index (χ1v) is 7.28. The summed E-state index contributed by atoms with van der Waals surface area (Å²) in [7, 11) is 0. The fourth-order valence-electron chi connectivity index (χ4n) is 3.30. The largest absolute Gasteiger partial charge is 0.320 e. The molecule has 2 aliphatic rings. The second-order valence-electron chi connectivity index (χ2n) is 5.65. The number of pyridine rings is 1. The SMILES string of the molecule is N[C@H](C(=O)N1CCc2cccnc21)C1CCCCC1. The summed E-state index contributed by atoms with van der Waals surface area (Å²) < 4.78 is 0. The molecule has 4 heteroatoms. The molecule has 1 atom stereocenters. The summed E-state index contributed by atoms with van der Waals surface area (Å²) in [6, 6.07) is 3.61. The fraction of sp³-hybridized carbons (Fsp3) is 0.600. The third-order valence-electron chi connectivity index (χ3n) is 4.44. The van der Waals surface area contributed by atoms with Gasteiger partial charge in [-0.05, 0) is 36.8 Å². The number of nitrogens with two attached hydrogens (primary N) is 1. The van der Waals surface area contributed by atoms with E-state index in [2.05, 4.69) is 4.98 Å². The van der Waals surface area contributed by atoms with Crippen LogP contribution in [0.15, 0.2) is 18.3 Å². The van der Waals surface area contributed by atoms with E-state index in [1.165, 1.54) is 19.3 Å². The van der Waals surface area contributed by atoms with Crippen LogP contribution in [0.2, 0.25) is 0 Å². The second kappa shape index (κ2) is 5.29. The van der Waals surface area contributed by atoms with Gasteiger partial charge in [-0.2, -0.15) is 0 Å². The second-order valence-corrected chi connectivity index (χ2v) is 5.65. The Bertz CT molecular complexity index is 468. The van der Waals surface area contributed by atoms with E-state index < -0.39 is 0 Å². The number of carbonyl (C=O) groups excluding carboxylic acids is 1. The van der Waals surface area contributed by atoms with Gasteiger partial charge in [0.05, 0.1) is 6.04 Å². The molecule has 1 aromatic heterocycles. The van der Waals surface area contributed by atoms with Gasteiger partial charge in [0.15, 0.2) is 0 Å². The Labute approximate surface area is 114 Å². The average Bonchev–Trinajstić information content (AvgIpc) is 2.90. The van der Waals surface area contributed by atoms with Crippen LogP contribution in [-0.2, 0) is 11.2 Å². The molecule has 0 spiro atoms. The number of nitrogens with zero attached hydrogens (tertiary/aromatic N) is 2. The molecule has 1 aromatic rings. The molecule has 19 heavy (non-hydrogen) atoms. The molecular weight excluding hydrogens is 238 g/mol. The van der Waals surface area contributed by atoms with Gasteiger partial charge in [-0.3, -0.25) is 9.69 Å². The van der Waals surface area contributed by atoms with Crippen molar-refractivity contribution >= 4 is 11.7 Å². The lowest BCUT2D eigenvalue weighted by Crippen LogP contribution is -2.48.